The number of ether oxygens (including phenoxy) is 1. The quantitative estimate of drug-likeness (QED) is 0.203. The first-order valence-electron chi connectivity index (χ1n) is 9.90. The molecular formula is C23H24ClN3O4. The van der Waals surface area contributed by atoms with Gasteiger partial charge in [-0.1, -0.05) is 50.6 Å². The van der Waals surface area contributed by atoms with E-state index in [1.807, 2.05) is 19.9 Å². The molecule has 162 valence electrons. The number of pyridine rings is 1. The topological polar surface area (TPSA) is 94.4 Å². The number of rotatable bonds is 7. The van der Waals surface area contributed by atoms with E-state index in [0.717, 1.165) is 0 Å². The monoisotopic (exact) mass is 441 g/mol. The molecule has 3 rings (SSSR count). The molecule has 1 atom stereocenters. The first-order chi connectivity index (χ1) is 15.0. The van der Waals surface area contributed by atoms with Crippen LogP contribution in [0.2, 0.25) is 5.02 Å². The smallest absolute Gasteiger partial charge is 0.310 e. The summed E-state index contributed by atoms with van der Waals surface area (Å²) in [7, 11) is 0. The molecule has 31 heavy (non-hydrogen) atoms. The third kappa shape index (κ3) is 6.52. The fourth-order valence-corrected chi connectivity index (χ4v) is 2.97. The summed E-state index contributed by atoms with van der Waals surface area (Å²) in [6.07, 6.45) is 1.83. The molecule has 1 aromatic heterocycles. The lowest BCUT2D eigenvalue weighted by molar-refractivity contribution is -0.384. The second-order valence-corrected chi connectivity index (χ2v) is 6.59. The van der Waals surface area contributed by atoms with Crippen LogP contribution in [0.4, 0.5) is 11.5 Å². The van der Waals surface area contributed by atoms with Gasteiger partial charge < -0.3 is 10.1 Å². The summed E-state index contributed by atoms with van der Waals surface area (Å²) < 4.78 is 5.48. The number of nitro groups is 1. The van der Waals surface area contributed by atoms with Crippen molar-refractivity contribution in [3.63, 3.8) is 0 Å². The van der Waals surface area contributed by atoms with Gasteiger partial charge >= 0.3 is 5.97 Å². The van der Waals surface area contributed by atoms with Crippen LogP contribution in [0.3, 0.4) is 0 Å². The van der Waals surface area contributed by atoms with Gasteiger partial charge in [0.05, 0.1) is 11.0 Å². The zero-order chi connectivity index (χ0) is 22.8. The molecule has 0 radical (unpaired) electrons. The summed E-state index contributed by atoms with van der Waals surface area (Å²) in [5.74, 6) is 0.474. The van der Waals surface area contributed by atoms with Crippen LogP contribution in [0, 0.1) is 10.1 Å². The second kappa shape index (κ2) is 11.7. The van der Waals surface area contributed by atoms with Gasteiger partial charge in [-0.15, -0.1) is 0 Å². The van der Waals surface area contributed by atoms with Gasteiger partial charge in [0.15, 0.2) is 0 Å². The minimum atomic E-state index is -0.594. The Bertz CT molecular complexity index is 1030. The number of aromatic nitrogens is 1. The van der Waals surface area contributed by atoms with E-state index >= 15 is 0 Å². The first kappa shape index (κ1) is 23.8. The molecule has 3 aromatic rings. The van der Waals surface area contributed by atoms with Crippen molar-refractivity contribution in [2.24, 2.45) is 0 Å². The Morgan fingerprint density at radius 3 is 2.58 bits per heavy atom. The van der Waals surface area contributed by atoms with Crippen LogP contribution >= 0.6 is 11.6 Å². The number of carbonyl (C=O) groups excluding carboxylic acids is 1. The second-order valence-electron chi connectivity index (χ2n) is 6.15. The molecule has 8 heteroatoms. The molecular weight excluding hydrogens is 418 g/mol. The minimum absolute atomic E-state index is 0.0514. The lowest BCUT2D eigenvalue weighted by atomic mass is 9.97. The van der Waals surface area contributed by atoms with E-state index in [0.29, 0.717) is 27.7 Å². The Hall–Kier alpha value is -3.45. The summed E-state index contributed by atoms with van der Waals surface area (Å²) in [5, 5.41) is 15.0. The van der Waals surface area contributed by atoms with Crippen molar-refractivity contribution < 1.29 is 14.5 Å². The van der Waals surface area contributed by atoms with Crippen molar-refractivity contribution >= 4 is 29.1 Å². The van der Waals surface area contributed by atoms with Gasteiger partial charge in [-0.25, -0.2) is 4.98 Å². The molecule has 0 fully saturated rings. The van der Waals surface area contributed by atoms with Crippen LogP contribution in [0.25, 0.3) is 0 Å². The fourth-order valence-electron chi connectivity index (χ4n) is 2.79. The average molecular weight is 442 g/mol. The van der Waals surface area contributed by atoms with Gasteiger partial charge in [-0.3, -0.25) is 14.9 Å². The number of esters is 1. The SMILES string of the molecule is CC.CCC(=O)Oc1ccc(Cl)cc1C(Nc1ccccn1)c1cccc([N+](=O)[O-])c1. The number of benzene rings is 2. The molecule has 0 amide bonds. The number of nitrogens with zero attached hydrogens (tertiary/aromatic N) is 2. The number of anilines is 1. The Morgan fingerprint density at radius 1 is 1.16 bits per heavy atom. The maximum absolute atomic E-state index is 11.9. The molecule has 1 heterocycles. The van der Waals surface area contributed by atoms with Crippen LogP contribution in [0.5, 0.6) is 5.75 Å². The third-order valence-corrected chi connectivity index (χ3v) is 4.40. The number of hydrogen-bond acceptors (Lipinski definition) is 6. The standard InChI is InChI=1S/C21H18ClN3O4.C2H6/c1-2-20(26)29-18-10-9-15(22)13-17(18)21(24-19-8-3-4-11-23-19)14-6-5-7-16(12-14)25(27)28;1-2/h3-13,21H,2H2,1H3,(H,23,24);1-2H3. The first-order valence-corrected chi connectivity index (χ1v) is 10.3. The summed E-state index contributed by atoms with van der Waals surface area (Å²) in [6.45, 7) is 5.70. The van der Waals surface area contributed by atoms with Gasteiger partial charge in [0.25, 0.3) is 5.69 Å². The van der Waals surface area contributed by atoms with Crippen molar-refractivity contribution in [2.75, 3.05) is 5.32 Å². The normalized spacial score (nSPS) is 11.0. The molecule has 7 nitrogen and oxygen atoms in total. The van der Waals surface area contributed by atoms with E-state index in [2.05, 4.69) is 10.3 Å². The summed E-state index contributed by atoms with van der Waals surface area (Å²) in [4.78, 5) is 27.0. The van der Waals surface area contributed by atoms with Crippen LogP contribution in [-0.4, -0.2) is 15.9 Å². The van der Waals surface area contributed by atoms with Gasteiger partial charge in [0.2, 0.25) is 0 Å². The number of non-ortho nitro benzene ring substituents is 1. The number of nitrogens with one attached hydrogen (secondary N) is 1. The van der Waals surface area contributed by atoms with E-state index in [1.165, 1.54) is 12.1 Å². The molecule has 1 unspecified atom stereocenters. The molecule has 0 bridgehead atoms. The molecule has 1 N–H and O–H groups in total. The molecule has 0 aliphatic carbocycles. The van der Waals surface area contributed by atoms with Crippen LogP contribution in [-0.2, 0) is 4.79 Å². The highest BCUT2D eigenvalue weighted by molar-refractivity contribution is 6.30. The third-order valence-electron chi connectivity index (χ3n) is 4.17. The predicted molar refractivity (Wildman–Crippen MR) is 122 cm³/mol. The Kier molecular flexibility index (Phi) is 8.96. The largest absolute Gasteiger partial charge is 0.426 e. The van der Waals surface area contributed by atoms with Crippen molar-refractivity contribution in [1.82, 2.24) is 4.98 Å². The summed E-state index contributed by atoms with van der Waals surface area (Å²) in [5.41, 5.74) is 1.11. The van der Waals surface area contributed by atoms with Crippen molar-refractivity contribution in [1.29, 1.82) is 0 Å². The summed E-state index contributed by atoms with van der Waals surface area (Å²) >= 11 is 6.21. The van der Waals surface area contributed by atoms with Crippen molar-refractivity contribution in [3.05, 3.63) is 93.1 Å². The lowest BCUT2D eigenvalue weighted by Gasteiger charge is -2.23. The highest BCUT2D eigenvalue weighted by Crippen LogP contribution is 2.36. The fraction of sp³-hybridized carbons (Fsp3) is 0.217. The Morgan fingerprint density at radius 2 is 1.94 bits per heavy atom. The Balaban J connectivity index is 0.00000166. The molecule has 0 aliphatic heterocycles. The zero-order valence-electron chi connectivity index (χ0n) is 17.5. The van der Waals surface area contributed by atoms with E-state index < -0.39 is 16.9 Å². The Labute approximate surface area is 186 Å². The minimum Gasteiger partial charge on any atom is -0.426 e. The predicted octanol–water partition coefficient (Wildman–Crippen LogP) is 6.19. The van der Waals surface area contributed by atoms with Gasteiger partial charge in [-0.05, 0) is 35.9 Å². The molecule has 2 aromatic carbocycles. The lowest BCUT2D eigenvalue weighted by Crippen LogP contribution is -2.16. The molecule has 0 saturated carbocycles. The molecule has 0 aliphatic rings. The molecule has 0 spiro atoms. The van der Waals surface area contributed by atoms with Crippen molar-refractivity contribution in [3.8, 4) is 5.75 Å². The van der Waals surface area contributed by atoms with E-state index in [9.17, 15) is 14.9 Å². The highest BCUT2D eigenvalue weighted by Gasteiger charge is 2.22. The number of carbonyl (C=O) groups is 1. The van der Waals surface area contributed by atoms with E-state index in [-0.39, 0.29) is 12.1 Å². The summed E-state index contributed by atoms with van der Waals surface area (Å²) in [6, 6.07) is 15.9. The van der Waals surface area contributed by atoms with Crippen molar-refractivity contribution in [2.45, 2.75) is 33.2 Å². The number of hydrogen-bond donors (Lipinski definition) is 1. The van der Waals surface area contributed by atoms with Gasteiger partial charge in [-0.2, -0.15) is 0 Å². The molecule has 0 saturated heterocycles. The average Bonchev–Trinajstić information content (AvgIpc) is 2.80. The van der Waals surface area contributed by atoms with E-state index in [1.54, 1.807) is 55.6 Å². The number of nitro benzene ring substituents is 1. The highest BCUT2D eigenvalue weighted by atomic mass is 35.5. The maximum atomic E-state index is 11.9. The van der Waals surface area contributed by atoms with Gasteiger partial charge in [0.1, 0.15) is 11.6 Å². The van der Waals surface area contributed by atoms with Crippen LogP contribution in [0.15, 0.2) is 66.9 Å². The van der Waals surface area contributed by atoms with Crippen LogP contribution < -0.4 is 10.1 Å². The maximum Gasteiger partial charge on any atom is 0.310 e. The van der Waals surface area contributed by atoms with E-state index in [4.69, 9.17) is 16.3 Å². The number of halogens is 1. The zero-order valence-corrected chi connectivity index (χ0v) is 18.3. The van der Waals surface area contributed by atoms with Crippen LogP contribution in [0.1, 0.15) is 44.4 Å². The van der Waals surface area contributed by atoms with Gasteiger partial charge in [0, 0.05) is 35.3 Å².